The van der Waals surface area contributed by atoms with Crippen LogP contribution in [0.4, 0.5) is 5.13 Å². The Morgan fingerprint density at radius 1 is 0.900 bits per heavy atom. The van der Waals surface area contributed by atoms with Gasteiger partial charge in [0.05, 0.1) is 10.2 Å². The summed E-state index contributed by atoms with van der Waals surface area (Å²) in [5.74, 6) is 0.569. The van der Waals surface area contributed by atoms with Gasteiger partial charge in [0.25, 0.3) is 5.91 Å². The molecule has 0 unspecified atom stereocenters. The monoisotopic (exact) mass is 410 g/mol. The minimum absolute atomic E-state index is 0.186. The van der Waals surface area contributed by atoms with Crippen molar-refractivity contribution in [1.82, 2.24) is 4.98 Å². The van der Waals surface area contributed by atoms with Gasteiger partial charge in [0, 0.05) is 10.9 Å². The molecule has 5 aromatic rings. The molecule has 1 heterocycles. The second-order valence-corrected chi connectivity index (χ2v) is 7.94. The van der Waals surface area contributed by atoms with Crippen molar-refractivity contribution in [2.24, 2.45) is 0 Å². The lowest BCUT2D eigenvalue weighted by molar-refractivity contribution is 0.102. The summed E-state index contributed by atoms with van der Waals surface area (Å²) < 4.78 is 7.10. The number of hydrogen-bond donors (Lipinski definition) is 1. The Balaban J connectivity index is 1.41. The van der Waals surface area contributed by atoms with Crippen molar-refractivity contribution in [3.63, 3.8) is 0 Å². The highest BCUT2D eigenvalue weighted by atomic mass is 32.1. The summed E-state index contributed by atoms with van der Waals surface area (Å²) in [6.45, 7) is 0.474. The first-order chi connectivity index (χ1) is 14.8. The van der Waals surface area contributed by atoms with Crippen LogP contribution >= 0.6 is 11.3 Å². The number of rotatable bonds is 5. The number of carbonyl (C=O) groups excluding carboxylic acids is 1. The molecule has 30 heavy (non-hydrogen) atoms. The third-order valence-corrected chi connectivity index (χ3v) is 5.81. The number of aromatic nitrogens is 1. The van der Waals surface area contributed by atoms with Crippen LogP contribution in [0.2, 0.25) is 0 Å². The molecule has 5 heteroatoms. The largest absolute Gasteiger partial charge is 0.488 e. The van der Waals surface area contributed by atoms with E-state index in [0.29, 0.717) is 17.3 Å². The quantitative estimate of drug-likeness (QED) is 0.371. The minimum atomic E-state index is -0.186. The lowest BCUT2D eigenvalue weighted by Gasteiger charge is -2.11. The number of thiazole rings is 1. The molecular weight excluding hydrogens is 392 g/mol. The summed E-state index contributed by atoms with van der Waals surface area (Å²) in [7, 11) is 0. The van der Waals surface area contributed by atoms with Crippen LogP contribution in [0.3, 0.4) is 0 Å². The van der Waals surface area contributed by atoms with Crippen molar-refractivity contribution in [1.29, 1.82) is 0 Å². The summed E-state index contributed by atoms with van der Waals surface area (Å²) in [6.07, 6.45) is 0. The van der Waals surface area contributed by atoms with Gasteiger partial charge in [0.1, 0.15) is 12.4 Å². The van der Waals surface area contributed by atoms with Crippen LogP contribution in [0.15, 0.2) is 91.0 Å². The molecule has 1 amide bonds. The molecule has 0 bridgehead atoms. The smallest absolute Gasteiger partial charge is 0.257 e. The van der Waals surface area contributed by atoms with Gasteiger partial charge in [-0.05, 0) is 41.3 Å². The molecule has 0 aliphatic heterocycles. The standard InChI is InChI=1S/C25H18N2O2S/c28-24(27-25-26-21-10-4-5-12-23(21)30-25)19-14-13-18-9-6-11-22(20(18)15-19)29-16-17-7-2-1-3-8-17/h1-15H,16H2,(H,26,27,28). The molecule has 0 aliphatic carbocycles. The van der Waals surface area contributed by atoms with Crippen molar-refractivity contribution < 1.29 is 9.53 Å². The Labute approximate surface area is 177 Å². The highest BCUT2D eigenvalue weighted by molar-refractivity contribution is 7.22. The predicted molar refractivity (Wildman–Crippen MR) is 122 cm³/mol. The van der Waals surface area contributed by atoms with Gasteiger partial charge < -0.3 is 4.74 Å². The fourth-order valence-corrected chi connectivity index (χ4v) is 4.20. The number of carbonyl (C=O) groups is 1. The lowest BCUT2D eigenvalue weighted by atomic mass is 10.1. The first-order valence-corrected chi connectivity index (χ1v) is 10.4. The maximum atomic E-state index is 12.8. The van der Waals surface area contributed by atoms with E-state index in [1.165, 1.54) is 11.3 Å². The summed E-state index contributed by atoms with van der Waals surface area (Å²) >= 11 is 1.47. The maximum Gasteiger partial charge on any atom is 0.257 e. The van der Waals surface area contributed by atoms with E-state index in [1.807, 2.05) is 91.0 Å². The topological polar surface area (TPSA) is 51.2 Å². The van der Waals surface area contributed by atoms with E-state index >= 15 is 0 Å². The molecule has 1 aromatic heterocycles. The Hall–Kier alpha value is -3.70. The molecule has 0 spiro atoms. The normalized spacial score (nSPS) is 10.9. The number of benzene rings is 4. The maximum absolute atomic E-state index is 12.8. The SMILES string of the molecule is O=C(Nc1nc2ccccc2s1)c1ccc2cccc(OCc3ccccc3)c2c1. The summed E-state index contributed by atoms with van der Waals surface area (Å²) in [5.41, 5.74) is 2.55. The minimum Gasteiger partial charge on any atom is -0.488 e. The number of para-hydroxylation sites is 1. The Morgan fingerprint density at radius 2 is 1.73 bits per heavy atom. The number of amides is 1. The number of hydrogen-bond acceptors (Lipinski definition) is 4. The summed E-state index contributed by atoms with van der Waals surface area (Å²) in [4.78, 5) is 17.3. The number of nitrogens with one attached hydrogen (secondary N) is 1. The molecule has 0 atom stereocenters. The van der Waals surface area contributed by atoms with E-state index < -0.39 is 0 Å². The second kappa shape index (κ2) is 7.97. The van der Waals surface area contributed by atoms with Crippen LogP contribution < -0.4 is 10.1 Å². The number of fused-ring (bicyclic) bond motifs is 2. The molecule has 0 saturated carbocycles. The zero-order chi connectivity index (χ0) is 20.3. The van der Waals surface area contributed by atoms with Crippen LogP contribution in [-0.2, 0) is 6.61 Å². The van der Waals surface area contributed by atoms with Gasteiger partial charge in [0.2, 0.25) is 0 Å². The fourth-order valence-electron chi connectivity index (χ4n) is 3.34. The molecule has 4 aromatic carbocycles. The summed E-state index contributed by atoms with van der Waals surface area (Å²) in [5, 5.41) is 5.44. The Bertz CT molecular complexity index is 1310. The van der Waals surface area contributed by atoms with Crippen LogP contribution in [-0.4, -0.2) is 10.9 Å². The first-order valence-electron chi connectivity index (χ1n) is 9.63. The number of nitrogens with zero attached hydrogens (tertiary/aromatic N) is 1. The zero-order valence-electron chi connectivity index (χ0n) is 16.0. The average molecular weight is 410 g/mol. The van der Waals surface area contributed by atoms with Crippen molar-refractivity contribution in [2.45, 2.75) is 6.61 Å². The average Bonchev–Trinajstić information content (AvgIpc) is 3.20. The molecule has 0 radical (unpaired) electrons. The van der Waals surface area contributed by atoms with E-state index in [9.17, 15) is 4.79 Å². The molecule has 1 N–H and O–H groups in total. The molecule has 5 rings (SSSR count). The first kappa shape index (κ1) is 18.3. The molecule has 0 aliphatic rings. The Morgan fingerprint density at radius 3 is 2.60 bits per heavy atom. The van der Waals surface area contributed by atoms with Gasteiger partial charge in [-0.1, -0.05) is 72.0 Å². The predicted octanol–water partition coefficient (Wildman–Crippen LogP) is 6.28. The molecule has 4 nitrogen and oxygen atoms in total. The van der Waals surface area contributed by atoms with E-state index in [0.717, 1.165) is 32.3 Å². The van der Waals surface area contributed by atoms with E-state index in [4.69, 9.17) is 4.74 Å². The van der Waals surface area contributed by atoms with Gasteiger partial charge in [0.15, 0.2) is 5.13 Å². The van der Waals surface area contributed by atoms with Crippen LogP contribution in [0, 0.1) is 0 Å². The molecule has 0 saturated heterocycles. The van der Waals surface area contributed by atoms with Gasteiger partial charge in [-0.25, -0.2) is 4.98 Å². The third kappa shape index (κ3) is 3.75. The van der Waals surface area contributed by atoms with E-state index in [-0.39, 0.29) is 5.91 Å². The highest BCUT2D eigenvalue weighted by Gasteiger charge is 2.12. The van der Waals surface area contributed by atoms with Crippen LogP contribution in [0.25, 0.3) is 21.0 Å². The zero-order valence-corrected chi connectivity index (χ0v) is 16.9. The van der Waals surface area contributed by atoms with E-state index in [1.54, 1.807) is 0 Å². The van der Waals surface area contributed by atoms with E-state index in [2.05, 4.69) is 10.3 Å². The highest BCUT2D eigenvalue weighted by Crippen LogP contribution is 2.29. The van der Waals surface area contributed by atoms with Crippen molar-refractivity contribution in [3.05, 3.63) is 102 Å². The molecule has 146 valence electrons. The number of ether oxygens (including phenoxy) is 1. The summed E-state index contributed by atoms with van der Waals surface area (Å²) in [6, 6.07) is 29.4. The van der Waals surface area contributed by atoms with Gasteiger partial charge in [-0.15, -0.1) is 0 Å². The fraction of sp³-hybridized carbons (Fsp3) is 0.0400. The van der Waals surface area contributed by atoms with Crippen molar-refractivity contribution in [2.75, 3.05) is 5.32 Å². The third-order valence-electron chi connectivity index (χ3n) is 4.86. The number of anilines is 1. The molecule has 0 fully saturated rings. The lowest BCUT2D eigenvalue weighted by Crippen LogP contribution is -2.11. The van der Waals surface area contributed by atoms with Crippen molar-refractivity contribution in [3.8, 4) is 5.75 Å². The van der Waals surface area contributed by atoms with Crippen molar-refractivity contribution >= 4 is 43.4 Å². The van der Waals surface area contributed by atoms with Gasteiger partial charge >= 0.3 is 0 Å². The Kier molecular flexibility index (Phi) is 4.87. The second-order valence-electron chi connectivity index (χ2n) is 6.91. The van der Waals surface area contributed by atoms with Crippen LogP contribution in [0.1, 0.15) is 15.9 Å². The van der Waals surface area contributed by atoms with Crippen LogP contribution in [0.5, 0.6) is 5.75 Å². The van der Waals surface area contributed by atoms with Gasteiger partial charge in [-0.2, -0.15) is 0 Å². The van der Waals surface area contributed by atoms with Gasteiger partial charge in [-0.3, -0.25) is 10.1 Å². The molecular formula is C25H18N2O2S.